The predicted octanol–water partition coefficient (Wildman–Crippen LogP) is -0.186. The molecule has 1 aliphatic heterocycles. The number of esters is 1. The van der Waals surface area contributed by atoms with Crippen LogP contribution in [0.5, 0.6) is 0 Å². The first-order chi connectivity index (χ1) is 6.33. The molecule has 0 aromatic carbocycles. The fourth-order valence-electron chi connectivity index (χ4n) is 1.32. The summed E-state index contributed by atoms with van der Waals surface area (Å²) in [5.41, 5.74) is 0.522. The highest BCUT2D eigenvalue weighted by Crippen LogP contribution is 2.13. The number of carbonyl (C=O) groups is 1. The van der Waals surface area contributed by atoms with E-state index in [4.69, 9.17) is 0 Å². The number of aromatic nitrogens is 2. The number of rotatable bonds is 2. The van der Waals surface area contributed by atoms with Crippen LogP contribution < -0.4 is 5.32 Å². The summed E-state index contributed by atoms with van der Waals surface area (Å²) < 4.78 is 6.34. The first-order valence-corrected chi connectivity index (χ1v) is 4.15. The molecule has 0 radical (unpaired) electrons. The summed E-state index contributed by atoms with van der Waals surface area (Å²) in [4.78, 5) is 11.2. The zero-order valence-electron chi connectivity index (χ0n) is 7.36. The summed E-state index contributed by atoms with van der Waals surface area (Å²) in [6.07, 6.45) is 1.62. The van der Waals surface area contributed by atoms with Crippen LogP contribution in [0.15, 0.2) is 12.3 Å². The molecule has 2 heterocycles. The molecule has 1 saturated heterocycles. The summed E-state index contributed by atoms with van der Waals surface area (Å²) >= 11 is 0. The molecular formula is C8H11N3O2. The van der Waals surface area contributed by atoms with Crippen LogP contribution in [0, 0.1) is 0 Å². The fourth-order valence-corrected chi connectivity index (χ4v) is 1.32. The SMILES string of the molecule is COC(=O)c1ccnn1C1CNC1. The third-order valence-corrected chi connectivity index (χ3v) is 2.17. The van der Waals surface area contributed by atoms with Crippen LogP contribution in [0.1, 0.15) is 16.5 Å². The number of ether oxygens (including phenoxy) is 1. The van der Waals surface area contributed by atoms with Gasteiger partial charge in [-0.25, -0.2) is 4.79 Å². The lowest BCUT2D eigenvalue weighted by Crippen LogP contribution is -2.44. The standard InChI is InChI=1S/C8H11N3O2/c1-13-8(12)7-2-3-10-11(7)6-4-9-5-6/h2-3,6,9H,4-5H2,1H3. The number of hydrogen-bond donors (Lipinski definition) is 1. The summed E-state index contributed by atoms with van der Waals surface area (Å²) in [5, 5.41) is 7.20. The zero-order chi connectivity index (χ0) is 9.26. The first-order valence-electron chi connectivity index (χ1n) is 4.15. The Kier molecular flexibility index (Phi) is 2.02. The second-order valence-corrected chi connectivity index (χ2v) is 2.96. The molecule has 1 fully saturated rings. The van der Waals surface area contributed by atoms with Crippen molar-refractivity contribution in [3.63, 3.8) is 0 Å². The van der Waals surface area contributed by atoms with Crippen LogP contribution in [0.2, 0.25) is 0 Å². The highest BCUT2D eigenvalue weighted by Gasteiger charge is 2.24. The van der Waals surface area contributed by atoms with Crippen LogP contribution in [-0.2, 0) is 4.74 Å². The van der Waals surface area contributed by atoms with E-state index in [9.17, 15) is 4.79 Å². The van der Waals surface area contributed by atoms with E-state index in [0.29, 0.717) is 11.7 Å². The maximum absolute atomic E-state index is 11.2. The Balaban J connectivity index is 2.24. The molecule has 0 unspecified atom stereocenters. The Labute approximate surface area is 75.7 Å². The van der Waals surface area contributed by atoms with Crippen LogP contribution in [0.3, 0.4) is 0 Å². The Morgan fingerprint density at radius 3 is 3.08 bits per heavy atom. The molecule has 1 aromatic heterocycles. The molecule has 0 saturated carbocycles. The van der Waals surface area contributed by atoms with E-state index in [1.807, 2.05) is 0 Å². The van der Waals surface area contributed by atoms with E-state index in [1.54, 1.807) is 16.9 Å². The van der Waals surface area contributed by atoms with E-state index < -0.39 is 0 Å². The van der Waals surface area contributed by atoms with Crippen molar-refractivity contribution in [3.05, 3.63) is 18.0 Å². The van der Waals surface area contributed by atoms with Gasteiger partial charge in [-0.1, -0.05) is 0 Å². The second kappa shape index (κ2) is 3.18. The molecule has 2 rings (SSSR count). The highest BCUT2D eigenvalue weighted by molar-refractivity contribution is 5.87. The molecule has 5 nitrogen and oxygen atoms in total. The van der Waals surface area contributed by atoms with Gasteiger partial charge in [0.15, 0.2) is 0 Å². The minimum atomic E-state index is -0.329. The predicted molar refractivity (Wildman–Crippen MR) is 45.5 cm³/mol. The third-order valence-electron chi connectivity index (χ3n) is 2.17. The summed E-state index contributed by atoms with van der Waals surface area (Å²) in [6.45, 7) is 1.73. The zero-order valence-corrected chi connectivity index (χ0v) is 7.36. The smallest absolute Gasteiger partial charge is 0.356 e. The summed E-state index contributed by atoms with van der Waals surface area (Å²) in [6, 6.07) is 1.97. The molecule has 0 amide bonds. The van der Waals surface area contributed by atoms with Gasteiger partial charge < -0.3 is 10.1 Å². The average molecular weight is 181 g/mol. The van der Waals surface area contributed by atoms with Crippen LogP contribution in [0.4, 0.5) is 0 Å². The molecule has 13 heavy (non-hydrogen) atoms. The largest absolute Gasteiger partial charge is 0.464 e. The quantitative estimate of drug-likeness (QED) is 0.643. The monoisotopic (exact) mass is 181 g/mol. The van der Waals surface area contributed by atoms with Gasteiger partial charge in [0.2, 0.25) is 0 Å². The maximum Gasteiger partial charge on any atom is 0.356 e. The van der Waals surface area contributed by atoms with Crippen molar-refractivity contribution in [1.82, 2.24) is 15.1 Å². The van der Waals surface area contributed by atoms with E-state index in [1.165, 1.54) is 7.11 Å². The average Bonchev–Trinajstić information content (AvgIpc) is 2.49. The number of methoxy groups -OCH3 is 1. The van der Waals surface area contributed by atoms with Crippen molar-refractivity contribution in [3.8, 4) is 0 Å². The Hall–Kier alpha value is -1.36. The lowest BCUT2D eigenvalue weighted by atomic mass is 10.2. The Bertz CT molecular complexity index is 317. The number of hydrogen-bond acceptors (Lipinski definition) is 4. The molecule has 0 aliphatic carbocycles. The van der Waals surface area contributed by atoms with Gasteiger partial charge >= 0.3 is 5.97 Å². The molecule has 1 N–H and O–H groups in total. The Morgan fingerprint density at radius 2 is 2.54 bits per heavy atom. The molecule has 1 aliphatic rings. The Morgan fingerprint density at radius 1 is 1.77 bits per heavy atom. The van der Waals surface area contributed by atoms with Crippen LogP contribution in [-0.4, -0.2) is 35.9 Å². The fraction of sp³-hybridized carbons (Fsp3) is 0.500. The first kappa shape index (κ1) is 8.25. The third kappa shape index (κ3) is 1.31. The molecule has 0 spiro atoms. The highest BCUT2D eigenvalue weighted by atomic mass is 16.5. The van der Waals surface area contributed by atoms with E-state index in [0.717, 1.165) is 13.1 Å². The second-order valence-electron chi connectivity index (χ2n) is 2.96. The van der Waals surface area contributed by atoms with Crippen LogP contribution in [0.25, 0.3) is 0 Å². The van der Waals surface area contributed by atoms with Crippen molar-refractivity contribution < 1.29 is 9.53 Å². The van der Waals surface area contributed by atoms with Crippen LogP contribution >= 0.6 is 0 Å². The normalized spacial score (nSPS) is 16.7. The van der Waals surface area contributed by atoms with Gasteiger partial charge in [-0.05, 0) is 6.07 Å². The minimum Gasteiger partial charge on any atom is -0.464 e. The summed E-state index contributed by atoms with van der Waals surface area (Å²) in [5.74, 6) is -0.329. The lowest BCUT2D eigenvalue weighted by Gasteiger charge is -2.28. The van der Waals surface area contributed by atoms with Crippen molar-refractivity contribution >= 4 is 5.97 Å². The van der Waals surface area contributed by atoms with Gasteiger partial charge in [-0.3, -0.25) is 4.68 Å². The minimum absolute atomic E-state index is 0.295. The topological polar surface area (TPSA) is 56.1 Å². The van der Waals surface area contributed by atoms with Crippen molar-refractivity contribution in [1.29, 1.82) is 0 Å². The van der Waals surface area contributed by atoms with E-state index in [2.05, 4.69) is 15.2 Å². The van der Waals surface area contributed by atoms with E-state index in [-0.39, 0.29) is 5.97 Å². The molecular weight excluding hydrogens is 170 g/mol. The number of nitrogens with one attached hydrogen (secondary N) is 1. The van der Waals surface area contributed by atoms with Gasteiger partial charge in [-0.2, -0.15) is 5.10 Å². The van der Waals surface area contributed by atoms with Gasteiger partial charge in [0.25, 0.3) is 0 Å². The van der Waals surface area contributed by atoms with Crippen molar-refractivity contribution in [2.75, 3.05) is 20.2 Å². The lowest BCUT2D eigenvalue weighted by molar-refractivity contribution is 0.0580. The van der Waals surface area contributed by atoms with Gasteiger partial charge in [0.1, 0.15) is 5.69 Å². The van der Waals surface area contributed by atoms with Gasteiger partial charge in [-0.15, -0.1) is 0 Å². The summed E-state index contributed by atoms with van der Waals surface area (Å²) in [7, 11) is 1.37. The van der Waals surface area contributed by atoms with Crippen molar-refractivity contribution in [2.45, 2.75) is 6.04 Å². The van der Waals surface area contributed by atoms with Gasteiger partial charge in [0, 0.05) is 19.3 Å². The molecule has 1 aromatic rings. The molecule has 0 bridgehead atoms. The molecule has 70 valence electrons. The van der Waals surface area contributed by atoms with Gasteiger partial charge in [0.05, 0.1) is 13.2 Å². The van der Waals surface area contributed by atoms with Crippen molar-refractivity contribution in [2.24, 2.45) is 0 Å². The number of carbonyl (C=O) groups excluding carboxylic acids is 1. The van der Waals surface area contributed by atoms with E-state index >= 15 is 0 Å². The molecule has 5 heteroatoms. The molecule has 0 atom stereocenters. The number of nitrogens with zero attached hydrogens (tertiary/aromatic N) is 2. The maximum atomic E-state index is 11.2.